The Morgan fingerprint density at radius 2 is 1.79 bits per heavy atom. The normalized spacial score (nSPS) is 12.2. The van der Waals surface area contributed by atoms with E-state index in [0.717, 1.165) is 52.0 Å². The van der Waals surface area contributed by atoms with Gasteiger partial charge in [0.15, 0.2) is 5.65 Å². The fourth-order valence-corrected chi connectivity index (χ4v) is 4.18. The van der Waals surface area contributed by atoms with Gasteiger partial charge in [0, 0.05) is 14.7 Å². The van der Waals surface area contributed by atoms with Gasteiger partial charge in [-0.15, -0.1) is 0 Å². The number of aryl methyl sites for hydroxylation is 1. The van der Waals surface area contributed by atoms with Crippen LogP contribution in [-0.2, 0) is 11.5 Å². The molecule has 0 N–H and O–H groups in total. The van der Waals surface area contributed by atoms with Gasteiger partial charge >= 0.3 is 0 Å². The Balaban J connectivity index is 1.77. The number of aromatic nitrogens is 4. The highest BCUT2D eigenvalue weighted by Crippen LogP contribution is 2.29. The van der Waals surface area contributed by atoms with Crippen LogP contribution < -0.4 is 4.74 Å². The van der Waals surface area contributed by atoms with Gasteiger partial charge in [-0.1, -0.05) is 19.6 Å². The number of fused-ring (bicyclic) bond motifs is 3. The van der Waals surface area contributed by atoms with Crippen LogP contribution in [0.5, 0.6) is 5.75 Å². The first-order valence-electron chi connectivity index (χ1n) is 9.91. The van der Waals surface area contributed by atoms with Crippen molar-refractivity contribution in [3.8, 4) is 17.0 Å². The Labute approximate surface area is 172 Å². The van der Waals surface area contributed by atoms with Crippen molar-refractivity contribution >= 4 is 24.8 Å². The number of imidazole rings is 1. The average Bonchev–Trinajstić information content (AvgIpc) is 3.25. The molecule has 4 aromatic rings. The standard InChI is InChI=1S/C22H28N4O2Si/c1-16-21-13-23-22-20(25(21)14-24-16)12-19(17-6-8-18(27-2)9-7-17)26(22)15-28-10-11-29(3,4)5/h6-9,12-14H,10-11,15H2,1-5H3. The van der Waals surface area contributed by atoms with E-state index in [0.29, 0.717) is 6.73 Å². The lowest BCUT2D eigenvalue weighted by atomic mass is 10.1. The second-order valence-electron chi connectivity index (χ2n) is 8.59. The van der Waals surface area contributed by atoms with Crippen LogP contribution in [0.3, 0.4) is 0 Å². The third kappa shape index (κ3) is 3.93. The maximum atomic E-state index is 6.09. The molecule has 1 aromatic carbocycles. The van der Waals surface area contributed by atoms with Crippen molar-refractivity contribution < 1.29 is 9.47 Å². The highest BCUT2D eigenvalue weighted by Gasteiger charge is 2.17. The van der Waals surface area contributed by atoms with Gasteiger partial charge in [-0.05, 0) is 48.9 Å². The van der Waals surface area contributed by atoms with E-state index in [1.165, 1.54) is 0 Å². The van der Waals surface area contributed by atoms with Gasteiger partial charge in [-0.2, -0.15) is 0 Å². The lowest BCUT2D eigenvalue weighted by Gasteiger charge is -2.16. The third-order valence-electron chi connectivity index (χ3n) is 5.22. The monoisotopic (exact) mass is 408 g/mol. The molecular formula is C22H28N4O2Si. The number of rotatable bonds is 7. The topological polar surface area (TPSA) is 53.6 Å². The smallest absolute Gasteiger partial charge is 0.159 e. The number of hydrogen-bond donors (Lipinski definition) is 0. The van der Waals surface area contributed by atoms with E-state index < -0.39 is 8.07 Å². The van der Waals surface area contributed by atoms with E-state index in [1.54, 1.807) is 7.11 Å². The van der Waals surface area contributed by atoms with Crippen molar-refractivity contribution in [1.29, 1.82) is 0 Å². The molecule has 0 radical (unpaired) electrons. The molecule has 152 valence electrons. The minimum atomic E-state index is -1.13. The maximum Gasteiger partial charge on any atom is 0.159 e. The molecule has 0 amide bonds. The number of ether oxygens (including phenoxy) is 2. The third-order valence-corrected chi connectivity index (χ3v) is 6.92. The molecule has 3 heterocycles. The van der Waals surface area contributed by atoms with Gasteiger partial charge in [0.25, 0.3) is 0 Å². The molecule has 0 spiro atoms. The summed E-state index contributed by atoms with van der Waals surface area (Å²) in [7, 11) is 0.550. The Bertz CT molecular complexity index is 1140. The Hall–Kier alpha value is -2.64. The first-order valence-corrected chi connectivity index (χ1v) is 13.6. The minimum Gasteiger partial charge on any atom is -0.497 e. The van der Waals surface area contributed by atoms with E-state index in [-0.39, 0.29) is 0 Å². The van der Waals surface area contributed by atoms with E-state index in [2.05, 4.69) is 51.8 Å². The summed E-state index contributed by atoms with van der Waals surface area (Å²) in [5.41, 5.74) is 6.10. The first-order chi connectivity index (χ1) is 13.9. The minimum absolute atomic E-state index is 0.474. The Morgan fingerprint density at radius 1 is 1.03 bits per heavy atom. The van der Waals surface area contributed by atoms with Crippen LogP contribution in [0.2, 0.25) is 25.7 Å². The van der Waals surface area contributed by atoms with E-state index in [9.17, 15) is 0 Å². The molecule has 6 nitrogen and oxygen atoms in total. The van der Waals surface area contributed by atoms with Crippen molar-refractivity contribution in [2.24, 2.45) is 0 Å². The van der Waals surface area contributed by atoms with Gasteiger partial charge < -0.3 is 14.0 Å². The summed E-state index contributed by atoms with van der Waals surface area (Å²) < 4.78 is 15.7. The predicted molar refractivity (Wildman–Crippen MR) is 119 cm³/mol. The second kappa shape index (κ2) is 7.65. The van der Waals surface area contributed by atoms with Crippen LogP contribution in [0.1, 0.15) is 5.69 Å². The Morgan fingerprint density at radius 3 is 2.48 bits per heavy atom. The number of hydrogen-bond acceptors (Lipinski definition) is 4. The summed E-state index contributed by atoms with van der Waals surface area (Å²) in [6, 6.07) is 11.4. The summed E-state index contributed by atoms with van der Waals surface area (Å²) in [6.07, 6.45) is 3.75. The molecule has 4 rings (SSSR count). The summed E-state index contributed by atoms with van der Waals surface area (Å²) in [4.78, 5) is 9.21. The summed E-state index contributed by atoms with van der Waals surface area (Å²) in [5, 5.41) is 0. The quantitative estimate of drug-likeness (QED) is 0.320. The maximum absolute atomic E-state index is 6.09. The fraction of sp³-hybridized carbons (Fsp3) is 0.364. The highest BCUT2D eigenvalue weighted by molar-refractivity contribution is 6.76. The Kier molecular flexibility index (Phi) is 5.18. The van der Waals surface area contributed by atoms with Gasteiger partial charge in [-0.25, -0.2) is 9.97 Å². The molecule has 0 bridgehead atoms. The van der Waals surface area contributed by atoms with Crippen molar-refractivity contribution in [3.05, 3.63) is 48.5 Å². The van der Waals surface area contributed by atoms with Gasteiger partial charge in [-0.3, -0.25) is 4.40 Å². The van der Waals surface area contributed by atoms with Crippen LogP contribution in [0.4, 0.5) is 0 Å². The predicted octanol–water partition coefficient (Wildman–Crippen LogP) is 4.98. The van der Waals surface area contributed by atoms with Crippen LogP contribution in [0, 0.1) is 6.92 Å². The van der Waals surface area contributed by atoms with Crippen LogP contribution in [0.15, 0.2) is 42.9 Å². The molecule has 0 aliphatic rings. The summed E-state index contributed by atoms with van der Waals surface area (Å²) in [6.45, 7) is 10.3. The first kappa shape index (κ1) is 19.7. The molecule has 0 fully saturated rings. The summed E-state index contributed by atoms with van der Waals surface area (Å²) in [5.74, 6) is 0.841. The molecular weight excluding hydrogens is 380 g/mol. The van der Waals surface area contributed by atoms with Crippen LogP contribution in [-0.4, -0.2) is 40.7 Å². The molecule has 0 saturated carbocycles. The zero-order chi connectivity index (χ0) is 20.6. The van der Waals surface area contributed by atoms with E-state index >= 15 is 0 Å². The lowest BCUT2D eigenvalue weighted by molar-refractivity contribution is 0.0909. The highest BCUT2D eigenvalue weighted by atomic mass is 28.3. The van der Waals surface area contributed by atoms with Gasteiger partial charge in [0.2, 0.25) is 0 Å². The average molecular weight is 409 g/mol. The molecule has 0 aliphatic heterocycles. The lowest BCUT2D eigenvalue weighted by Crippen LogP contribution is -2.22. The molecule has 7 heteroatoms. The molecule has 0 aliphatic carbocycles. The van der Waals surface area contributed by atoms with Crippen LogP contribution in [0.25, 0.3) is 27.9 Å². The van der Waals surface area contributed by atoms with Crippen molar-refractivity contribution in [1.82, 2.24) is 18.9 Å². The van der Waals surface area contributed by atoms with Gasteiger partial charge in [0.05, 0.1) is 35.7 Å². The second-order valence-corrected chi connectivity index (χ2v) is 14.2. The van der Waals surface area contributed by atoms with Crippen molar-refractivity contribution in [2.45, 2.75) is 39.3 Å². The molecule has 3 aromatic heterocycles. The van der Waals surface area contributed by atoms with E-state index in [4.69, 9.17) is 14.5 Å². The zero-order valence-corrected chi connectivity index (χ0v) is 18.8. The number of benzene rings is 1. The largest absolute Gasteiger partial charge is 0.497 e. The number of methoxy groups -OCH3 is 1. The zero-order valence-electron chi connectivity index (χ0n) is 17.8. The molecule has 29 heavy (non-hydrogen) atoms. The van der Waals surface area contributed by atoms with Crippen LogP contribution >= 0.6 is 0 Å². The molecule has 0 unspecified atom stereocenters. The summed E-state index contributed by atoms with van der Waals surface area (Å²) >= 11 is 0. The van der Waals surface area contributed by atoms with E-state index in [1.807, 2.05) is 31.6 Å². The fourth-order valence-electron chi connectivity index (χ4n) is 3.42. The molecule has 0 saturated heterocycles. The number of nitrogens with zero attached hydrogens (tertiary/aromatic N) is 4. The van der Waals surface area contributed by atoms with Gasteiger partial charge in [0.1, 0.15) is 18.8 Å². The van der Waals surface area contributed by atoms with Crippen molar-refractivity contribution in [3.63, 3.8) is 0 Å². The SMILES string of the molecule is COc1ccc(-c2cc3c(ncc4c(C)ncn43)n2COCC[Si](C)(C)C)cc1. The molecule has 0 atom stereocenters. The van der Waals surface area contributed by atoms with Crippen molar-refractivity contribution in [2.75, 3.05) is 13.7 Å².